The van der Waals surface area contributed by atoms with Gasteiger partial charge in [-0.15, -0.1) is 0 Å². The molecule has 0 aliphatic heterocycles. The fourth-order valence-corrected chi connectivity index (χ4v) is 2.05. The molecule has 100 valence electrons. The normalized spacial score (nSPS) is 10.7. The molecule has 0 fully saturated rings. The third-order valence-electron chi connectivity index (χ3n) is 3.02. The quantitative estimate of drug-likeness (QED) is 0.789. The van der Waals surface area contributed by atoms with Crippen LogP contribution in [-0.2, 0) is 6.61 Å². The summed E-state index contributed by atoms with van der Waals surface area (Å²) in [6.07, 6.45) is 1.71. The topological polar surface area (TPSA) is 42.4 Å². The molecular formula is C16H12FNO2. The average molecular weight is 269 g/mol. The van der Waals surface area contributed by atoms with Crippen molar-refractivity contribution >= 4 is 10.9 Å². The van der Waals surface area contributed by atoms with Gasteiger partial charge in [0.15, 0.2) is 0 Å². The maximum absolute atomic E-state index is 13.1. The highest BCUT2D eigenvalue weighted by Gasteiger charge is 2.08. The molecule has 0 saturated heterocycles. The van der Waals surface area contributed by atoms with Gasteiger partial charge in [0.2, 0.25) is 0 Å². The first-order chi connectivity index (χ1) is 9.78. The van der Waals surface area contributed by atoms with Crippen LogP contribution >= 0.6 is 0 Å². The van der Waals surface area contributed by atoms with Crippen LogP contribution in [0.5, 0.6) is 11.5 Å². The monoisotopic (exact) mass is 269 g/mol. The van der Waals surface area contributed by atoms with Gasteiger partial charge in [-0.2, -0.15) is 0 Å². The van der Waals surface area contributed by atoms with Gasteiger partial charge in [-0.3, -0.25) is 4.98 Å². The number of hydrogen-bond donors (Lipinski definition) is 1. The van der Waals surface area contributed by atoms with Gasteiger partial charge in [0.05, 0.1) is 12.1 Å². The van der Waals surface area contributed by atoms with Crippen LogP contribution in [0.25, 0.3) is 10.9 Å². The highest BCUT2D eigenvalue weighted by atomic mass is 19.1. The van der Waals surface area contributed by atoms with Crippen LogP contribution in [0, 0.1) is 5.82 Å². The summed E-state index contributed by atoms with van der Waals surface area (Å²) < 4.78 is 19.0. The van der Waals surface area contributed by atoms with Gasteiger partial charge in [-0.25, -0.2) is 4.39 Å². The minimum Gasteiger partial charge on any atom is -0.456 e. The predicted molar refractivity (Wildman–Crippen MR) is 74.1 cm³/mol. The Morgan fingerprint density at radius 3 is 2.80 bits per heavy atom. The van der Waals surface area contributed by atoms with Crippen molar-refractivity contribution in [1.82, 2.24) is 4.98 Å². The molecule has 0 spiro atoms. The van der Waals surface area contributed by atoms with E-state index in [9.17, 15) is 9.50 Å². The number of nitrogens with zero attached hydrogens (tertiary/aromatic N) is 1. The SMILES string of the molecule is OCc1cc(F)ccc1Oc1cccc2ncccc12. The van der Waals surface area contributed by atoms with Gasteiger partial charge in [-0.05, 0) is 42.5 Å². The average Bonchev–Trinajstić information content (AvgIpc) is 2.49. The summed E-state index contributed by atoms with van der Waals surface area (Å²) in [5, 5.41) is 10.1. The number of rotatable bonds is 3. The van der Waals surface area contributed by atoms with Gasteiger partial charge in [0, 0.05) is 17.1 Å². The standard InChI is InChI=1S/C16H12FNO2/c17-12-6-7-15(11(9-12)10-19)20-16-5-1-4-14-13(16)3-2-8-18-14/h1-9,19H,10H2. The minimum atomic E-state index is -0.402. The lowest BCUT2D eigenvalue weighted by Crippen LogP contribution is -1.93. The summed E-state index contributed by atoms with van der Waals surface area (Å²) in [6, 6.07) is 13.3. The number of hydrogen-bond acceptors (Lipinski definition) is 3. The Balaban J connectivity index is 2.05. The Bertz CT molecular complexity index is 753. The lowest BCUT2D eigenvalue weighted by molar-refractivity contribution is 0.276. The van der Waals surface area contributed by atoms with Crippen molar-refractivity contribution in [2.24, 2.45) is 0 Å². The molecule has 0 bridgehead atoms. The van der Waals surface area contributed by atoms with Crippen LogP contribution < -0.4 is 4.74 Å². The largest absolute Gasteiger partial charge is 0.456 e. The van der Waals surface area contributed by atoms with E-state index in [1.54, 1.807) is 6.20 Å². The summed E-state index contributed by atoms with van der Waals surface area (Å²) in [4.78, 5) is 4.25. The number of aliphatic hydroxyl groups is 1. The van der Waals surface area contributed by atoms with Crippen molar-refractivity contribution in [2.45, 2.75) is 6.61 Å². The molecule has 0 saturated carbocycles. The molecular weight excluding hydrogens is 257 g/mol. The molecule has 0 aliphatic carbocycles. The maximum Gasteiger partial charge on any atom is 0.136 e. The highest BCUT2D eigenvalue weighted by molar-refractivity contribution is 5.85. The zero-order valence-corrected chi connectivity index (χ0v) is 10.6. The number of aliphatic hydroxyl groups excluding tert-OH is 1. The summed E-state index contributed by atoms with van der Waals surface area (Å²) in [5.74, 6) is 0.656. The van der Waals surface area contributed by atoms with E-state index in [0.29, 0.717) is 17.1 Å². The molecule has 1 aromatic heterocycles. The van der Waals surface area contributed by atoms with Crippen molar-refractivity contribution in [2.75, 3.05) is 0 Å². The molecule has 0 amide bonds. The van der Waals surface area contributed by atoms with E-state index in [1.807, 2.05) is 30.3 Å². The highest BCUT2D eigenvalue weighted by Crippen LogP contribution is 2.31. The van der Waals surface area contributed by atoms with Gasteiger partial charge >= 0.3 is 0 Å². The molecule has 0 unspecified atom stereocenters. The molecule has 0 radical (unpaired) electrons. The van der Waals surface area contributed by atoms with Crippen molar-refractivity contribution in [3.8, 4) is 11.5 Å². The fourth-order valence-electron chi connectivity index (χ4n) is 2.05. The van der Waals surface area contributed by atoms with E-state index in [2.05, 4.69) is 4.98 Å². The predicted octanol–water partition coefficient (Wildman–Crippen LogP) is 3.66. The van der Waals surface area contributed by atoms with E-state index in [1.165, 1.54) is 18.2 Å². The number of fused-ring (bicyclic) bond motifs is 1. The fraction of sp³-hybridized carbons (Fsp3) is 0.0625. The lowest BCUT2D eigenvalue weighted by atomic mass is 10.2. The van der Waals surface area contributed by atoms with Gasteiger partial charge in [0.1, 0.15) is 17.3 Å². The van der Waals surface area contributed by atoms with Gasteiger partial charge in [0.25, 0.3) is 0 Å². The van der Waals surface area contributed by atoms with Crippen LogP contribution in [0.4, 0.5) is 4.39 Å². The second-order valence-corrected chi connectivity index (χ2v) is 4.34. The Morgan fingerprint density at radius 2 is 1.95 bits per heavy atom. The Labute approximate surface area is 115 Å². The van der Waals surface area contributed by atoms with E-state index in [4.69, 9.17) is 4.74 Å². The maximum atomic E-state index is 13.1. The number of benzene rings is 2. The molecule has 0 aliphatic rings. The molecule has 1 heterocycles. The first-order valence-corrected chi connectivity index (χ1v) is 6.19. The Morgan fingerprint density at radius 1 is 1.05 bits per heavy atom. The van der Waals surface area contributed by atoms with E-state index in [-0.39, 0.29) is 6.61 Å². The van der Waals surface area contributed by atoms with Crippen LogP contribution in [-0.4, -0.2) is 10.1 Å². The number of ether oxygens (including phenoxy) is 1. The van der Waals surface area contributed by atoms with Crippen molar-refractivity contribution < 1.29 is 14.2 Å². The van der Waals surface area contributed by atoms with Crippen LogP contribution in [0.3, 0.4) is 0 Å². The van der Waals surface area contributed by atoms with Crippen LogP contribution in [0.15, 0.2) is 54.7 Å². The summed E-state index contributed by atoms with van der Waals surface area (Å²) in [6.45, 7) is -0.282. The van der Waals surface area contributed by atoms with Gasteiger partial charge in [-0.1, -0.05) is 6.07 Å². The minimum absolute atomic E-state index is 0.282. The summed E-state index contributed by atoms with van der Waals surface area (Å²) in [7, 11) is 0. The molecule has 2 aromatic carbocycles. The van der Waals surface area contributed by atoms with Gasteiger partial charge < -0.3 is 9.84 Å². The molecule has 20 heavy (non-hydrogen) atoms. The van der Waals surface area contributed by atoms with Crippen molar-refractivity contribution in [3.63, 3.8) is 0 Å². The molecule has 3 rings (SSSR count). The number of halogens is 1. The van der Waals surface area contributed by atoms with Crippen molar-refractivity contribution in [3.05, 3.63) is 66.1 Å². The lowest BCUT2D eigenvalue weighted by Gasteiger charge is -2.11. The first kappa shape index (κ1) is 12.6. The van der Waals surface area contributed by atoms with E-state index >= 15 is 0 Å². The second kappa shape index (κ2) is 5.27. The van der Waals surface area contributed by atoms with E-state index < -0.39 is 5.82 Å². The molecule has 4 heteroatoms. The number of aromatic nitrogens is 1. The summed E-state index contributed by atoms with van der Waals surface area (Å²) >= 11 is 0. The Hall–Kier alpha value is -2.46. The Kier molecular flexibility index (Phi) is 3.31. The second-order valence-electron chi connectivity index (χ2n) is 4.34. The zero-order valence-electron chi connectivity index (χ0n) is 10.6. The molecule has 3 aromatic rings. The van der Waals surface area contributed by atoms with E-state index in [0.717, 1.165) is 10.9 Å². The summed E-state index contributed by atoms with van der Waals surface area (Å²) in [5.41, 5.74) is 1.23. The number of pyridine rings is 1. The molecule has 1 N–H and O–H groups in total. The smallest absolute Gasteiger partial charge is 0.136 e. The first-order valence-electron chi connectivity index (χ1n) is 6.19. The van der Waals surface area contributed by atoms with Crippen molar-refractivity contribution in [1.29, 1.82) is 0 Å². The van der Waals surface area contributed by atoms with Crippen LogP contribution in [0.2, 0.25) is 0 Å². The third-order valence-corrected chi connectivity index (χ3v) is 3.02. The molecule has 0 atom stereocenters. The third kappa shape index (κ3) is 2.33. The molecule has 3 nitrogen and oxygen atoms in total. The van der Waals surface area contributed by atoms with Crippen LogP contribution in [0.1, 0.15) is 5.56 Å². The zero-order chi connectivity index (χ0) is 13.9.